The van der Waals surface area contributed by atoms with E-state index in [0.29, 0.717) is 10.2 Å². The van der Waals surface area contributed by atoms with Crippen LogP contribution in [0.2, 0.25) is 0 Å². The van der Waals surface area contributed by atoms with Crippen LogP contribution in [0.1, 0.15) is 5.56 Å². The summed E-state index contributed by atoms with van der Waals surface area (Å²) in [6, 6.07) is 9.36. The molecule has 0 aliphatic rings. The molecule has 0 atom stereocenters. The maximum absolute atomic E-state index is 12.9. The minimum Gasteiger partial charge on any atom is -0.388 e. The largest absolute Gasteiger partial charge is 0.437 e. The van der Waals surface area contributed by atoms with Gasteiger partial charge in [0.25, 0.3) is 0 Å². The van der Waals surface area contributed by atoms with Gasteiger partial charge in [-0.05, 0) is 36.4 Å². The predicted octanol–water partition coefficient (Wildman–Crippen LogP) is 3.30. The van der Waals surface area contributed by atoms with Crippen LogP contribution in [0.3, 0.4) is 0 Å². The summed E-state index contributed by atoms with van der Waals surface area (Å²) in [4.78, 5) is 23.8. The van der Waals surface area contributed by atoms with Gasteiger partial charge in [0, 0.05) is 5.56 Å². The van der Waals surface area contributed by atoms with E-state index in [-0.39, 0.29) is 5.89 Å². The first-order valence-corrected chi connectivity index (χ1v) is 7.54. The highest BCUT2D eigenvalue weighted by Gasteiger charge is 2.33. The van der Waals surface area contributed by atoms with E-state index in [4.69, 9.17) is 4.42 Å². The molecule has 0 unspecified atom stereocenters. The molecule has 1 heterocycles. The second-order valence-corrected chi connectivity index (χ2v) is 5.43. The molecule has 0 spiro atoms. The van der Waals surface area contributed by atoms with Crippen LogP contribution in [0.15, 0.2) is 57.7 Å². The second kappa shape index (κ2) is 7.06. The number of carbonyl (C=O) groups is 1. The lowest BCUT2D eigenvalue weighted by atomic mass is 10.1. The molecule has 27 heavy (non-hydrogen) atoms. The smallest absolute Gasteiger partial charge is 0.388 e. The number of para-hydroxylation sites is 1. The first-order chi connectivity index (χ1) is 12.7. The topological polar surface area (TPSA) is 77.1 Å². The number of anilines is 1. The van der Waals surface area contributed by atoms with E-state index in [1.165, 1.54) is 24.3 Å². The van der Waals surface area contributed by atoms with E-state index < -0.39 is 41.5 Å². The fraction of sp³-hybridized carbons (Fsp3) is 0.118. The molecule has 0 bridgehead atoms. The third-order valence-corrected chi connectivity index (χ3v) is 3.50. The van der Waals surface area contributed by atoms with E-state index in [0.717, 1.165) is 24.3 Å². The van der Waals surface area contributed by atoms with Crippen LogP contribution in [0.4, 0.5) is 23.2 Å². The van der Waals surface area contributed by atoms with Crippen molar-refractivity contribution in [1.82, 2.24) is 9.78 Å². The van der Waals surface area contributed by atoms with Crippen LogP contribution in [0.25, 0.3) is 11.5 Å². The number of alkyl halides is 3. The summed E-state index contributed by atoms with van der Waals surface area (Å²) >= 11 is 0. The molecule has 0 saturated carbocycles. The zero-order valence-electron chi connectivity index (χ0n) is 13.5. The van der Waals surface area contributed by atoms with Crippen LogP contribution in [0, 0.1) is 5.82 Å². The Kier molecular flexibility index (Phi) is 4.80. The summed E-state index contributed by atoms with van der Waals surface area (Å²) in [5.74, 6) is -2.52. The fourth-order valence-electron chi connectivity index (χ4n) is 2.28. The Morgan fingerprint density at radius 3 is 2.44 bits per heavy atom. The van der Waals surface area contributed by atoms with E-state index >= 15 is 0 Å². The fourth-order valence-corrected chi connectivity index (χ4v) is 2.28. The van der Waals surface area contributed by atoms with Gasteiger partial charge in [-0.3, -0.25) is 4.79 Å². The van der Waals surface area contributed by atoms with Crippen molar-refractivity contribution < 1.29 is 26.8 Å². The van der Waals surface area contributed by atoms with Crippen LogP contribution in [0.5, 0.6) is 0 Å². The molecule has 140 valence electrons. The Hall–Kier alpha value is -3.43. The van der Waals surface area contributed by atoms with Crippen LogP contribution in [-0.4, -0.2) is 15.7 Å². The highest BCUT2D eigenvalue weighted by molar-refractivity contribution is 5.91. The van der Waals surface area contributed by atoms with Crippen LogP contribution >= 0.6 is 0 Å². The van der Waals surface area contributed by atoms with Gasteiger partial charge in [-0.25, -0.2) is 9.18 Å². The molecule has 0 radical (unpaired) electrons. The van der Waals surface area contributed by atoms with Crippen molar-refractivity contribution in [3.8, 4) is 11.5 Å². The lowest BCUT2D eigenvalue weighted by Crippen LogP contribution is -2.26. The van der Waals surface area contributed by atoms with Gasteiger partial charge in [0.15, 0.2) is 0 Å². The summed E-state index contributed by atoms with van der Waals surface area (Å²) in [7, 11) is 0. The number of nitrogens with zero attached hydrogens (tertiary/aromatic N) is 2. The van der Waals surface area contributed by atoms with Gasteiger partial charge < -0.3 is 9.73 Å². The number of rotatable bonds is 4. The molecule has 0 saturated heterocycles. The van der Waals surface area contributed by atoms with Gasteiger partial charge in [-0.2, -0.15) is 17.9 Å². The first kappa shape index (κ1) is 18.4. The summed E-state index contributed by atoms with van der Waals surface area (Å²) in [6.07, 6.45) is -4.65. The zero-order chi connectivity index (χ0) is 19.6. The summed E-state index contributed by atoms with van der Waals surface area (Å²) in [5, 5.41) is 5.89. The molecule has 1 N–H and O–H groups in total. The molecule has 1 amide bonds. The van der Waals surface area contributed by atoms with Crippen LogP contribution in [-0.2, 0) is 17.5 Å². The van der Waals surface area contributed by atoms with Crippen molar-refractivity contribution in [3.05, 3.63) is 70.5 Å². The number of carbonyl (C=O) groups excluding carboxylic acids is 1. The SMILES string of the molecule is O=C(Cn1nc(-c2ccc(F)cc2)oc1=O)Nc1ccccc1C(F)(F)F. The van der Waals surface area contributed by atoms with Gasteiger partial charge in [0.1, 0.15) is 12.4 Å². The third kappa shape index (κ3) is 4.22. The number of nitrogens with one attached hydrogen (secondary N) is 1. The van der Waals surface area contributed by atoms with Crippen molar-refractivity contribution in [3.63, 3.8) is 0 Å². The molecule has 2 aromatic carbocycles. The van der Waals surface area contributed by atoms with Crippen molar-refractivity contribution in [2.45, 2.75) is 12.7 Å². The molecule has 0 aliphatic heterocycles. The third-order valence-electron chi connectivity index (χ3n) is 3.50. The van der Waals surface area contributed by atoms with E-state index in [9.17, 15) is 27.2 Å². The quantitative estimate of drug-likeness (QED) is 0.704. The van der Waals surface area contributed by atoms with E-state index in [1.807, 2.05) is 0 Å². The lowest BCUT2D eigenvalue weighted by Gasteiger charge is -2.13. The monoisotopic (exact) mass is 381 g/mol. The molecule has 0 aliphatic carbocycles. The Morgan fingerprint density at radius 2 is 1.78 bits per heavy atom. The molecule has 10 heteroatoms. The highest BCUT2D eigenvalue weighted by atomic mass is 19.4. The van der Waals surface area contributed by atoms with E-state index in [2.05, 4.69) is 10.4 Å². The first-order valence-electron chi connectivity index (χ1n) is 7.54. The number of aromatic nitrogens is 2. The second-order valence-electron chi connectivity index (χ2n) is 5.43. The van der Waals surface area contributed by atoms with Gasteiger partial charge in [-0.1, -0.05) is 12.1 Å². The van der Waals surface area contributed by atoms with Crippen molar-refractivity contribution in [1.29, 1.82) is 0 Å². The Morgan fingerprint density at radius 1 is 1.11 bits per heavy atom. The average molecular weight is 381 g/mol. The standard InChI is InChI=1S/C17H11F4N3O3/c18-11-7-5-10(6-8-11)15-23-24(16(26)27-15)9-14(25)22-13-4-2-1-3-12(13)17(19,20)21/h1-8H,9H2,(H,22,25). The molecule has 1 aromatic heterocycles. The van der Waals surface area contributed by atoms with E-state index in [1.54, 1.807) is 0 Å². The predicted molar refractivity (Wildman–Crippen MR) is 86.2 cm³/mol. The number of benzene rings is 2. The Bertz CT molecular complexity index is 1020. The summed E-state index contributed by atoms with van der Waals surface area (Å²) in [5.41, 5.74) is -1.15. The minimum atomic E-state index is -4.65. The normalized spacial score (nSPS) is 11.4. The maximum Gasteiger partial charge on any atom is 0.437 e. The zero-order valence-corrected chi connectivity index (χ0v) is 13.5. The summed E-state index contributed by atoms with van der Waals surface area (Å²) < 4.78 is 57.3. The maximum atomic E-state index is 12.9. The molecule has 3 rings (SSSR count). The van der Waals surface area contributed by atoms with Crippen LogP contribution < -0.4 is 11.1 Å². The molecule has 3 aromatic rings. The number of hydrogen-bond donors (Lipinski definition) is 1. The molecule has 0 fully saturated rings. The molecular formula is C17H11F4N3O3. The van der Waals surface area contributed by atoms with Crippen molar-refractivity contribution in [2.75, 3.05) is 5.32 Å². The van der Waals surface area contributed by atoms with Gasteiger partial charge in [-0.15, -0.1) is 5.10 Å². The number of halogens is 4. The van der Waals surface area contributed by atoms with Crippen molar-refractivity contribution >= 4 is 11.6 Å². The highest BCUT2D eigenvalue weighted by Crippen LogP contribution is 2.34. The van der Waals surface area contributed by atoms with Gasteiger partial charge >= 0.3 is 11.9 Å². The lowest BCUT2D eigenvalue weighted by molar-refractivity contribution is -0.137. The summed E-state index contributed by atoms with van der Waals surface area (Å²) in [6.45, 7) is -0.657. The Labute approximate surface area is 149 Å². The number of hydrogen-bond acceptors (Lipinski definition) is 4. The molecule has 6 nitrogen and oxygen atoms in total. The number of amides is 1. The van der Waals surface area contributed by atoms with Crippen molar-refractivity contribution in [2.24, 2.45) is 0 Å². The van der Waals surface area contributed by atoms with Gasteiger partial charge in [0.2, 0.25) is 11.8 Å². The minimum absolute atomic E-state index is 0.150. The van der Waals surface area contributed by atoms with Gasteiger partial charge in [0.05, 0.1) is 11.3 Å². The molecular weight excluding hydrogens is 370 g/mol. The Balaban J connectivity index is 1.78. The average Bonchev–Trinajstić information content (AvgIpc) is 2.95.